The number of carbonyl (C=O) groups is 2. The number of aromatic nitrogens is 2. The predicted octanol–water partition coefficient (Wildman–Crippen LogP) is 5.15. The number of amides is 2. The molecule has 2 aromatic carbocycles. The monoisotopic (exact) mass is 448 g/mol. The van der Waals surface area contributed by atoms with Gasteiger partial charge in [0.25, 0.3) is 5.91 Å². The fourth-order valence-corrected chi connectivity index (χ4v) is 3.14. The minimum absolute atomic E-state index is 0.0172. The first-order valence-electron chi connectivity index (χ1n) is 9.34. The van der Waals surface area contributed by atoms with Crippen LogP contribution in [0.5, 0.6) is 0 Å². The summed E-state index contributed by atoms with van der Waals surface area (Å²) in [7, 11) is 0. The van der Waals surface area contributed by atoms with Crippen LogP contribution >= 0.6 is 11.6 Å². The van der Waals surface area contributed by atoms with Crippen LogP contribution in [-0.4, -0.2) is 21.4 Å². The Bertz CT molecular complexity index is 1140. The standard InChI is InChI=1S/C21H16ClF3N4O2/c22-17-8-5-14(9-16(17)21(23,24)25)27-19(30)13-3-6-15(7-4-13)29-10-18(26-11-29)28-20(31)12-1-2-12/h3-12H,1-2H2,(H,27,30)(H,28,31). The van der Waals surface area contributed by atoms with Crippen molar-refractivity contribution in [1.82, 2.24) is 9.55 Å². The number of nitrogens with zero attached hydrogens (tertiary/aromatic N) is 2. The summed E-state index contributed by atoms with van der Waals surface area (Å²) >= 11 is 5.59. The van der Waals surface area contributed by atoms with Gasteiger partial charge in [0.1, 0.15) is 6.33 Å². The van der Waals surface area contributed by atoms with Crippen LogP contribution in [0.4, 0.5) is 24.7 Å². The van der Waals surface area contributed by atoms with Crippen molar-refractivity contribution in [1.29, 1.82) is 0 Å². The zero-order valence-corrected chi connectivity index (χ0v) is 16.7. The van der Waals surface area contributed by atoms with Crippen LogP contribution in [0.25, 0.3) is 5.69 Å². The van der Waals surface area contributed by atoms with Gasteiger partial charge in [-0.3, -0.25) is 9.59 Å². The van der Waals surface area contributed by atoms with Crippen molar-refractivity contribution in [3.63, 3.8) is 0 Å². The first-order valence-corrected chi connectivity index (χ1v) is 9.72. The van der Waals surface area contributed by atoms with E-state index < -0.39 is 22.7 Å². The van der Waals surface area contributed by atoms with Crippen LogP contribution < -0.4 is 10.6 Å². The normalized spacial score (nSPS) is 13.7. The fraction of sp³-hybridized carbons (Fsp3) is 0.190. The van der Waals surface area contributed by atoms with E-state index in [2.05, 4.69) is 15.6 Å². The summed E-state index contributed by atoms with van der Waals surface area (Å²) in [5.41, 5.74) is -0.0834. The molecule has 1 heterocycles. The summed E-state index contributed by atoms with van der Waals surface area (Å²) in [6, 6.07) is 9.56. The molecular weight excluding hydrogens is 433 g/mol. The maximum absolute atomic E-state index is 13.0. The molecule has 2 N–H and O–H groups in total. The maximum Gasteiger partial charge on any atom is 0.417 e. The minimum Gasteiger partial charge on any atom is -0.322 e. The number of rotatable bonds is 5. The molecule has 1 fully saturated rings. The number of benzene rings is 2. The summed E-state index contributed by atoms with van der Waals surface area (Å²) in [5.74, 6) is -0.115. The third kappa shape index (κ3) is 4.88. The highest BCUT2D eigenvalue weighted by atomic mass is 35.5. The first kappa shape index (κ1) is 20.9. The molecule has 0 bridgehead atoms. The fourth-order valence-electron chi connectivity index (χ4n) is 2.91. The lowest BCUT2D eigenvalue weighted by Gasteiger charge is -2.12. The Labute approximate surface area is 180 Å². The zero-order chi connectivity index (χ0) is 22.2. The average molecular weight is 449 g/mol. The lowest BCUT2D eigenvalue weighted by molar-refractivity contribution is -0.137. The molecule has 6 nitrogen and oxygen atoms in total. The lowest BCUT2D eigenvalue weighted by atomic mass is 10.1. The van der Waals surface area contributed by atoms with Gasteiger partial charge in [0.2, 0.25) is 5.91 Å². The Morgan fingerprint density at radius 3 is 2.42 bits per heavy atom. The van der Waals surface area contributed by atoms with Gasteiger partial charge in [-0.05, 0) is 55.3 Å². The summed E-state index contributed by atoms with van der Waals surface area (Å²) < 4.78 is 40.6. The van der Waals surface area contributed by atoms with E-state index in [0.717, 1.165) is 25.0 Å². The molecule has 10 heteroatoms. The largest absolute Gasteiger partial charge is 0.417 e. The van der Waals surface area contributed by atoms with E-state index in [9.17, 15) is 22.8 Å². The molecule has 1 aliphatic rings. The molecule has 0 radical (unpaired) electrons. The van der Waals surface area contributed by atoms with Crippen LogP contribution in [-0.2, 0) is 11.0 Å². The highest BCUT2D eigenvalue weighted by Crippen LogP contribution is 2.36. The van der Waals surface area contributed by atoms with Gasteiger partial charge in [-0.15, -0.1) is 0 Å². The first-order chi connectivity index (χ1) is 14.7. The van der Waals surface area contributed by atoms with Gasteiger partial charge in [-0.25, -0.2) is 4.98 Å². The number of alkyl halides is 3. The molecular formula is C21H16ClF3N4O2. The van der Waals surface area contributed by atoms with E-state index in [0.29, 0.717) is 11.5 Å². The van der Waals surface area contributed by atoms with E-state index in [4.69, 9.17) is 11.6 Å². The third-order valence-electron chi connectivity index (χ3n) is 4.74. The minimum atomic E-state index is -4.62. The van der Waals surface area contributed by atoms with Crippen LogP contribution in [0.15, 0.2) is 55.0 Å². The van der Waals surface area contributed by atoms with E-state index in [1.807, 2.05) is 0 Å². The van der Waals surface area contributed by atoms with Crippen LogP contribution in [0, 0.1) is 5.92 Å². The molecule has 4 rings (SSSR count). The van der Waals surface area contributed by atoms with E-state index in [1.54, 1.807) is 22.9 Å². The second-order valence-corrected chi connectivity index (χ2v) is 7.53. The van der Waals surface area contributed by atoms with Gasteiger partial charge in [-0.2, -0.15) is 13.2 Å². The van der Waals surface area contributed by atoms with E-state index in [1.165, 1.54) is 24.5 Å². The van der Waals surface area contributed by atoms with Gasteiger partial charge in [0.15, 0.2) is 5.82 Å². The molecule has 1 saturated carbocycles. The van der Waals surface area contributed by atoms with Crippen LogP contribution in [0.1, 0.15) is 28.8 Å². The average Bonchev–Trinajstić information content (AvgIpc) is 3.48. The van der Waals surface area contributed by atoms with Crippen molar-refractivity contribution in [2.24, 2.45) is 5.92 Å². The van der Waals surface area contributed by atoms with Crippen molar-refractivity contribution in [3.05, 3.63) is 71.1 Å². The molecule has 160 valence electrons. The van der Waals surface area contributed by atoms with Crippen LogP contribution in [0.3, 0.4) is 0 Å². The molecule has 0 unspecified atom stereocenters. The summed E-state index contributed by atoms with van der Waals surface area (Å²) in [5, 5.41) is 4.74. The van der Waals surface area contributed by atoms with Gasteiger partial charge >= 0.3 is 6.18 Å². The smallest absolute Gasteiger partial charge is 0.322 e. The molecule has 0 aliphatic heterocycles. The molecule has 3 aromatic rings. The predicted molar refractivity (Wildman–Crippen MR) is 109 cm³/mol. The van der Waals surface area contributed by atoms with Gasteiger partial charge in [-0.1, -0.05) is 11.6 Å². The number of carbonyl (C=O) groups excluding carboxylic acids is 2. The second-order valence-electron chi connectivity index (χ2n) is 7.12. The number of nitrogens with one attached hydrogen (secondary N) is 2. The van der Waals surface area contributed by atoms with Gasteiger partial charge < -0.3 is 15.2 Å². The Kier molecular flexibility index (Phi) is 5.45. The number of hydrogen-bond acceptors (Lipinski definition) is 3. The Hall–Kier alpha value is -3.33. The molecule has 1 aliphatic carbocycles. The van der Waals surface area contributed by atoms with Crippen molar-refractivity contribution < 1.29 is 22.8 Å². The van der Waals surface area contributed by atoms with E-state index in [-0.39, 0.29) is 23.1 Å². The van der Waals surface area contributed by atoms with Crippen molar-refractivity contribution in [2.45, 2.75) is 19.0 Å². The zero-order valence-electron chi connectivity index (χ0n) is 15.9. The molecule has 0 saturated heterocycles. The molecule has 1 aromatic heterocycles. The molecule has 31 heavy (non-hydrogen) atoms. The van der Waals surface area contributed by atoms with Crippen molar-refractivity contribution in [2.75, 3.05) is 10.6 Å². The SMILES string of the molecule is O=C(Nc1ccc(Cl)c(C(F)(F)F)c1)c1ccc(-n2cnc(NC(=O)C3CC3)c2)cc1. The van der Waals surface area contributed by atoms with Crippen LogP contribution in [0.2, 0.25) is 5.02 Å². The molecule has 0 atom stereocenters. The van der Waals surface area contributed by atoms with Crippen molar-refractivity contribution >= 4 is 34.9 Å². The summed E-state index contributed by atoms with van der Waals surface area (Å²) in [6.07, 6.45) is 0.347. The Morgan fingerprint density at radius 2 is 1.77 bits per heavy atom. The molecule has 2 amide bonds. The topological polar surface area (TPSA) is 76.0 Å². The summed E-state index contributed by atoms with van der Waals surface area (Å²) in [6.45, 7) is 0. The lowest BCUT2D eigenvalue weighted by Crippen LogP contribution is -2.13. The number of hydrogen-bond donors (Lipinski definition) is 2. The second kappa shape index (κ2) is 8.07. The third-order valence-corrected chi connectivity index (χ3v) is 5.07. The Balaban J connectivity index is 1.44. The highest BCUT2D eigenvalue weighted by molar-refractivity contribution is 6.31. The van der Waals surface area contributed by atoms with E-state index >= 15 is 0 Å². The highest BCUT2D eigenvalue weighted by Gasteiger charge is 2.33. The van der Waals surface area contributed by atoms with Crippen molar-refractivity contribution in [3.8, 4) is 5.69 Å². The Morgan fingerprint density at radius 1 is 1.06 bits per heavy atom. The number of halogens is 4. The maximum atomic E-state index is 13.0. The number of imidazole rings is 1. The van der Waals surface area contributed by atoms with Gasteiger partial charge in [0, 0.05) is 22.9 Å². The quantitative estimate of drug-likeness (QED) is 0.567. The van der Waals surface area contributed by atoms with Gasteiger partial charge in [0.05, 0.1) is 16.8 Å². The molecule has 0 spiro atoms. The number of anilines is 2. The summed E-state index contributed by atoms with van der Waals surface area (Å²) in [4.78, 5) is 28.4.